The smallest absolute Gasteiger partial charge is 0.120 e. The summed E-state index contributed by atoms with van der Waals surface area (Å²) in [6, 6.07) is 7.61. The van der Waals surface area contributed by atoms with E-state index in [0.717, 1.165) is 11.3 Å². The summed E-state index contributed by atoms with van der Waals surface area (Å²) in [5, 5.41) is 0. The standard InChI is InChI=1S/C13H16O/c1-5-11-7-6-8-12(9-11)14-10-13(2,3)4/h1,6-9H,10H2,2-4H3. The van der Waals surface area contributed by atoms with Gasteiger partial charge in [-0.05, 0) is 23.6 Å². The Bertz CT molecular complexity index is 339. The summed E-state index contributed by atoms with van der Waals surface area (Å²) in [5.41, 5.74) is 1.03. The van der Waals surface area contributed by atoms with E-state index in [-0.39, 0.29) is 5.41 Å². The normalized spacial score (nSPS) is 10.7. The minimum Gasteiger partial charge on any atom is -0.493 e. The van der Waals surface area contributed by atoms with Crippen LogP contribution in [0.3, 0.4) is 0 Å². The lowest BCUT2D eigenvalue weighted by Crippen LogP contribution is -2.16. The van der Waals surface area contributed by atoms with Gasteiger partial charge in [-0.3, -0.25) is 0 Å². The Kier molecular flexibility index (Phi) is 3.19. The van der Waals surface area contributed by atoms with Crippen LogP contribution < -0.4 is 4.74 Å². The van der Waals surface area contributed by atoms with Gasteiger partial charge in [-0.25, -0.2) is 0 Å². The van der Waals surface area contributed by atoms with Crippen LogP contribution in [0, 0.1) is 17.8 Å². The van der Waals surface area contributed by atoms with E-state index in [1.54, 1.807) is 0 Å². The van der Waals surface area contributed by atoms with E-state index in [1.807, 2.05) is 24.3 Å². The van der Waals surface area contributed by atoms with Gasteiger partial charge in [0.15, 0.2) is 0 Å². The third-order valence-electron chi connectivity index (χ3n) is 1.67. The molecule has 1 aromatic rings. The molecule has 14 heavy (non-hydrogen) atoms. The molecule has 0 aliphatic carbocycles. The molecule has 0 atom stereocenters. The fourth-order valence-corrected chi connectivity index (χ4v) is 0.976. The van der Waals surface area contributed by atoms with Gasteiger partial charge < -0.3 is 4.74 Å². The maximum absolute atomic E-state index is 5.62. The van der Waals surface area contributed by atoms with Crippen molar-refractivity contribution in [1.29, 1.82) is 0 Å². The van der Waals surface area contributed by atoms with Gasteiger partial charge >= 0.3 is 0 Å². The summed E-state index contributed by atoms with van der Waals surface area (Å²) in [7, 11) is 0. The van der Waals surface area contributed by atoms with Gasteiger partial charge in [-0.2, -0.15) is 0 Å². The van der Waals surface area contributed by atoms with Crippen LogP contribution in [0.15, 0.2) is 24.3 Å². The Morgan fingerprint density at radius 1 is 1.36 bits per heavy atom. The summed E-state index contributed by atoms with van der Waals surface area (Å²) in [6.07, 6.45) is 5.30. The van der Waals surface area contributed by atoms with Gasteiger partial charge in [0.2, 0.25) is 0 Å². The molecule has 0 heterocycles. The molecule has 1 aromatic carbocycles. The average molecular weight is 188 g/mol. The van der Waals surface area contributed by atoms with Crippen LogP contribution in [-0.2, 0) is 0 Å². The van der Waals surface area contributed by atoms with Crippen LogP contribution >= 0.6 is 0 Å². The highest BCUT2D eigenvalue weighted by Crippen LogP contribution is 2.18. The van der Waals surface area contributed by atoms with Crippen molar-refractivity contribution in [3.63, 3.8) is 0 Å². The van der Waals surface area contributed by atoms with Crippen molar-refractivity contribution in [3.8, 4) is 18.1 Å². The zero-order chi connectivity index (χ0) is 10.6. The summed E-state index contributed by atoms with van der Waals surface area (Å²) in [6.45, 7) is 7.11. The molecule has 0 fully saturated rings. The third kappa shape index (κ3) is 3.53. The number of hydrogen-bond acceptors (Lipinski definition) is 1. The lowest BCUT2D eigenvalue weighted by Gasteiger charge is -2.18. The molecule has 1 heteroatoms. The molecule has 0 radical (unpaired) electrons. The molecule has 0 saturated heterocycles. The SMILES string of the molecule is C#Cc1cccc(OCC(C)(C)C)c1. The Hall–Kier alpha value is -1.42. The van der Waals surface area contributed by atoms with Crippen molar-refractivity contribution >= 4 is 0 Å². The molecule has 0 amide bonds. The largest absolute Gasteiger partial charge is 0.493 e. The second-order valence-electron chi connectivity index (χ2n) is 4.52. The van der Waals surface area contributed by atoms with E-state index in [0.29, 0.717) is 6.61 Å². The molecule has 0 N–H and O–H groups in total. The highest BCUT2D eigenvalue weighted by atomic mass is 16.5. The van der Waals surface area contributed by atoms with Crippen molar-refractivity contribution in [3.05, 3.63) is 29.8 Å². The van der Waals surface area contributed by atoms with Gasteiger partial charge in [0.25, 0.3) is 0 Å². The second kappa shape index (κ2) is 4.19. The number of rotatable bonds is 2. The Labute approximate surface area is 86.1 Å². The molecule has 0 unspecified atom stereocenters. The first-order valence-electron chi connectivity index (χ1n) is 4.71. The summed E-state index contributed by atoms with van der Waals surface area (Å²) >= 11 is 0. The Morgan fingerprint density at radius 2 is 2.07 bits per heavy atom. The molecular weight excluding hydrogens is 172 g/mol. The van der Waals surface area contributed by atoms with E-state index in [4.69, 9.17) is 11.2 Å². The molecule has 1 nitrogen and oxygen atoms in total. The number of benzene rings is 1. The highest BCUT2D eigenvalue weighted by Gasteiger charge is 2.10. The number of terminal acetylenes is 1. The molecule has 74 valence electrons. The minimum absolute atomic E-state index is 0.173. The molecule has 0 aliphatic rings. The number of ether oxygens (including phenoxy) is 1. The quantitative estimate of drug-likeness (QED) is 0.648. The van der Waals surface area contributed by atoms with Crippen LogP contribution in [0.2, 0.25) is 0 Å². The number of hydrogen-bond donors (Lipinski definition) is 0. The fraction of sp³-hybridized carbons (Fsp3) is 0.385. The maximum Gasteiger partial charge on any atom is 0.120 e. The second-order valence-corrected chi connectivity index (χ2v) is 4.52. The molecule has 0 aromatic heterocycles. The predicted octanol–water partition coefficient (Wildman–Crippen LogP) is 3.09. The molecule has 0 spiro atoms. The van der Waals surface area contributed by atoms with E-state index in [1.165, 1.54) is 0 Å². The topological polar surface area (TPSA) is 9.23 Å². The van der Waals surface area contributed by atoms with Gasteiger partial charge in [0.1, 0.15) is 5.75 Å². The first kappa shape index (κ1) is 10.7. The van der Waals surface area contributed by atoms with E-state index in [2.05, 4.69) is 26.7 Å². The molecular formula is C13H16O. The van der Waals surface area contributed by atoms with Crippen molar-refractivity contribution < 1.29 is 4.74 Å². The van der Waals surface area contributed by atoms with Crippen LogP contribution in [0.1, 0.15) is 26.3 Å². The van der Waals surface area contributed by atoms with Crippen LogP contribution in [0.25, 0.3) is 0 Å². The molecule has 1 rings (SSSR count). The molecule has 0 aliphatic heterocycles. The van der Waals surface area contributed by atoms with E-state index < -0.39 is 0 Å². The Morgan fingerprint density at radius 3 is 2.64 bits per heavy atom. The van der Waals surface area contributed by atoms with Crippen molar-refractivity contribution in [2.24, 2.45) is 5.41 Å². The van der Waals surface area contributed by atoms with Gasteiger partial charge in [0, 0.05) is 5.56 Å². The minimum atomic E-state index is 0.173. The van der Waals surface area contributed by atoms with E-state index >= 15 is 0 Å². The summed E-state index contributed by atoms with van der Waals surface area (Å²) in [5.74, 6) is 3.43. The van der Waals surface area contributed by atoms with E-state index in [9.17, 15) is 0 Å². The predicted molar refractivity (Wildman–Crippen MR) is 59.3 cm³/mol. The molecule has 0 bridgehead atoms. The average Bonchev–Trinajstić information content (AvgIpc) is 2.14. The maximum atomic E-state index is 5.62. The van der Waals surface area contributed by atoms with Crippen molar-refractivity contribution in [2.75, 3.05) is 6.61 Å². The third-order valence-corrected chi connectivity index (χ3v) is 1.67. The molecule has 0 saturated carbocycles. The first-order chi connectivity index (χ1) is 6.51. The summed E-state index contributed by atoms with van der Waals surface area (Å²) in [4.78, 5) is 0. The first-order valence-corrected chi connectivity index (χ1v) is 4.71. The zero-order valence-corrected chi connectivity index (χ0v) is 9.00. The van der Waals surface area contributed by atoms with Crippen LogP contribution in [-0.4, -0.2) is 6.61 Å². The zero-order valence-electron chi connectivity index (χ0n) is 9.00. The van der Waals surface area contributed by atoms with Crippen LogP contribution in [0.4, 0.5) is 0 Å². The lowest BCUT2D eigenvalue weighted by atomic mass is 9.99. The highest BCUT2D eigenvalue weighted by molar-refractivity contribution is 5.38. The van der Waals surface area contributed by atoms with Gasteiger partial charge in [-0.15, -0.1) is 6.42 Å². The lowest BCUT2D eigenvalue weighted by molar-refractivity contribution is 0.198. The van der Waals surface area contributed by atoms with Gasteiger partial charge in [-0.1, -0.05) is 32.8 Å². The monoisotopic (exact) mass is 188 g/mol. The van der Waals surface area contributed by atoms with Crippen molar-refractivity contribution in [2.45, 2.75) is 20.8 Å². The fourth-order valence-electron chi connectivity index (χ4n) is 0.976. The summed E-state index contributed by atoms with van der Waals surface area (Å²) < 4.78 is 5.62. The van der Waals surface area contributed by atoms with Crippen molar-refractivity contribution in [1.82, 2.24) is 0 Å². The Balaban J connectivity index is 2.65. The van der Waals surface area contributed by atoms with Gasteiger partial charge in [0.05, 0.1) is 6.61 Å². The van der Waals surface area contributed by atoms with Crippen LogP contribution in [0.5, 0.6) is 5.75 Å².